The summed E-state index contributed by atoms with van der Waals surface area (Å²) >= 11 is 0. The van der Waals surface area contributed by atoms with Crippen LogP contribution in [0.4, 0.5) is 26.3 Å². The lowest BCUT2D eigenvalue weighted by Crippen LogP contribution is -2.37. The first-order valence-corrected chi connectivity index (χ1v) is 5.81. The van der Waals surface area contributed by atoms with Crippen molar-refractivity contribution in [3.05, 3.63) is 11.6 Å². The summed E-state index contributed by atoms with van der Waals surface area (Å²) in [6.45, 7) is -0.448. The lowest BCUT2D eigenvalue weighted by molar-refractivity contribution is -0.256. The highest BCUT2D eigenvalue weighted by Crippen LogP contribution is 2.46. The van der Waals surface area contributed by atoms with Gasteiger partial charge >= 0.3 is 12.4 Å². The maximum absolute atomic E-state index is 12.7. The molecule has 4 nitrogen and oxygen atoms in total. The normalized spacial score (nSPS) is 20.3. The Morgan fingerprint density at radius 3 is 2.25 bits per heavy atom. The summed E-state index contributed by atoms with van der Waals surface area (Å²) in [4.78, 5) is 0. The first kappa shape index (κ1) is 15.1. The molecule has 1 atom stereocenters. The summed E-state index contributed by atoms with van der Waals surface area (Å²) in [5.41, 5.74) is 0. The van der Waals surface area contributed by atoms with E-state index in [0.29, 0.717) is 6.42 Å². The van der Waals surface area contributed by atoms with Crippen LogP contribution in [0.15, 0.2) is 0 Å². The smallest absolute Gasteiger partial charge is 0.396 e. The van der Waals surface area contributed by atoms with E-state index in [1.807, 2.05) is 0 Å². The predicted molar refractivity (Wildman–Crippen MR) is 53.8 cm³/mol. The minimum absolute atomic E-state index is 0.0863. The van der Waals surface area contributed by atoms with Gasteiger partial charge in [0.25, 0.3) is 0 Å². The second kappa shape index (κ2) is 4.90. The second-order valence-corrected chi connectivity index (χ2v) is 4.69. The Hall–Kier alpha value is -1.32. The summed E-state index contributed by atoms with van der Waals surface area (Å²) in [6, 6.07) is 0. The maximum atomic E-state index is 12.7. The Balaban J connectivity index is 2.44. The Labute approximate surface area is 109 Å². The zero-order valence-corrected chi connectivity index (χ0v) is 10.0. The quantitative estimate of drug-likeness (QED) is 0.851. The van der Waals surface area contributed by atoms with Crippen LogP contribution in [0.3, 0.4) is 0 Å². The average molecular weight is 303 g/mol. The molecule has 1 aromatic heterocycles. The predicted octanol–water partition coefficient (Wildman–Crippen LogP) is 2.04. The van der Waals surface area contributed by atoms with E-state index in [9.17, 15) is 26.3 Å². The maximum Gasteiger partial charge on any atom is 0.407 e. The molecule has 0 aromatic carbocycles. The molecule has 0 saturated heterocycles. The Morgan fingerprint density at radius 1 is 1.15 bits per heavy atom. The molecule has 0 saturated carbocycles. The third kappa shape index (κ3) is 2.74. The number of aliphatic hydroxyl groups is 1. The van der Waals surface area contributed by atoms with Gasteiger partial charge in [0.2, 0.25) is 5.92 Å². The van der Waals surface area contributed by atoms with Crippen molar-refractivity contribution < 1.29 is 31.4 Å². The van der Waals surface area contributed by atoms with Crippen molar-refractivity contribution in [3.8, 4) is 0 Å². The molecule has 0 fully saturated rings. The van der Waals surface area contributed by atoms with Crippen LogP contribution in [-0.4, -0.2) is 38.8 Å². The number of halogens is 6. The van der Waals surface area contributed by atoms with Crippen LogP contribution in [0.5, 0.6) is 0 Å². The van der Waals surface area contributed by atoms with Crippen molar-refractivity contribution in [3.63, 3.8) is 0 Å². The largest absolute Gasteiger partial charge is 0.407 e. The molecule has 2 rings (SSSR count). The molecule has 114 valence electrons. The number of aliphatic hydroxyl groups excluding tert-OH is 1. The highest BCUT2D eigenvalue weighted by Gasteiger charge is 2.60. The standard InChI is InChI=1S/C10H11F6N3O/c11-9(12,13)7(10(14,15)16)8-18-17-6-2-1-5(4-20)3-19(6)8/h5,7,20H,1-4H2. The molecule has 0 bridgehead atoms. The topological polar surface area (TPSA) is 50.9 Å². The molecule has 0 radical (unpaired) electrons. The highest BCUT2D eigenvalue weighted by molar-refractivity contribution is 5.10. The zero-order chi connectivity index (χ0) is 15.1. The molecule has 0 amide bonds. The molecule has 2 heterocycles. The van der Waals surface area contributed by atoms with Gasteiger partial charge in [0.15, 0.2) is 5.82 Å². The molecule has 10 heteroatoms. The van der Waals surface area contributed by atoms with E-state index in [2.05, 4.69) is 10.2 Å². The summed E-state index contributed by atoms with van der Waals surface area (Å²) in [6.07, 6.45) is -10.3. The van der Waals surface area contributed by atoms with Crippen LogP contribution >= 0.6 is 0 Å². The van der Waals surface area contributed by atoms with Gasteiger partial charge in [-0.3, -0.25) is 0 Å². The van der Waals surface area contributed by atoms with Crippen molar-refractivity contribution in [2.45, 2.75) is 37.7 Å². The summed E-state index contributed by atoms with van der Waals surface area (Å²) in [5, 5.41) is 15.5. The van der Waals surface area contributed by atoms with Crippen LogP contribution in [0.1, 0.15) is 24.0 Å². The molecular weight excluding hydrogens is 292 g/mol. The molecule has 20 heavy (non-hydrogen) atoms. The minimum atomic E-state index is -5.49. The van der Waals surface area contributed by atoms with Crippen LogP contribution < -0.4 is 0 Å². The highest BCUT2D eigenvalue weighted by atomic mass is 19.4. The average Bonchev–Trinajstić information content (AvgIpc) is 2.68. The van der Waals surface area contributed by atoms with Crippen molar-refractivity contribution in [2.75, 3.05) is 6.61 Å². The van der Waals surface area contributed by atoms with Gasteiger partial charge in [0.05, 0.1) is 0 Å². The molecule has 0 spiro atoms. The van der Waals surface area contributed by atoms with Crippen molar-refractivity contribution >= 4 is 0 Å². The fourth-order valence-electron chi connectivity index (χ4n) is 2.26. The van der Waals surface area contributed by atoms with Crippen LogP contribution in [0, 0.1) is 5.92 Å². The van der Waals surface area contributed by atoms with Gasteiger partial charge in [-0.1, -0.05) is 0 Å². The van der Waals surface area contributed by atoms with Crippen molar-refractivity contribution in [1.82, 2.24) is 14.8 Å². The van der Waals surface area contributed by atoms with Gasteiger partial charge in [-0.15, -0.1) is 10.2 Å². The molecule has 1 aliphatic rings. The molecule has 1 N–H and O–H groups in total. The van der Waals surface area contributed by atoms with Gasteiger partial charge in [-0.05, 0) is 6.42 Å². The Bertz CT molecular complexity index is 466. The number of fused-ring (bicyclic) bond motifs is 1. The van der Waals surface area contributed by atoms with Crippen LogP contribution in [-0.2, 0) is 13.0 Å². The van der Waals surface area contributed by atoms with E-state index in [4.69, 9.17) is 5.11 Å². The van der Waals surface area contributed by atoms with Gasteiger partial charge < -0.3 is 9.67 Å². The van der Waals surface area contributed by atoms with E-state index in [0.717, 1.165) is 4.57 Å². The second-order valence-electron chi connectivity index (χ2n) is 4.69. The first-order chi connectivity index (χ1) is 9.14. The molecule has 1 aromatic rings. The van der Waals surface area contributed by atoms with Gasteiger partial charge in [0, 0.05) is 25.5 Å². The number of hydrogen-bond acceptors (Lipinski definition) is 3. The summed E-state index contributed by atoms with van der Waals surface area (Å²) < 4.78 is 76.9. The monoisotopic (exact) mass is 303 g/mol. The summed E-state index contributed by atoms with van der Waals surface area (Å²) in [7, 11) is 0. The lowest BCUT2D eigenvalue weighted by atomic mass is 9.99. The minimum Gasteiger partial charge on any atom is -0.396 e. The number of rotatable bonds is 2. The fourth-order valence-corrected chi connectivity index (χ4v) is 2.26. The summed E-state index contributed by atoms with van der Waals surface area (Å²) in [5.74, 6) is -5.12. The fraction of sp³-hybridized carbons (Fsp3) is 0.800. The van der Waals surface area contributed by atoms with E-state index in [-0.39, 0.29) is 31.3 Å². The van der Waals surface area contributed by atoms with Crippen molar-refractivity contribution in [1.29, 1.82) is 0 Å². The number of alkyl halides is 6. The van der Waals surface area contributed by atoms with E-state index in [1.54, 1.807) is 0 Å². The number of nitrogens with zero attached hydrogens (tertiary/aromatic N) is 3. The van der Waals surface area contributed by atoms with Crippen LogP contribution in [0.2, 0.25) is 0 Å². The van der Waals surface area contributed by atoms with Gasteiger partial charge in [-0.25, -0.2) is 0 Å². The van der Waals surface area contributed by atoms with E-state index < -0.39 is 24.1 Å². The number of aryl methyl sites for hydroxylation is 1. The first-order valence-electron chi connectivity index (χ1n) is 5.81. The molecule has 1 aliphatic heterocycles. The van der Waals surface area contributed by atoms with E-state index in [1.165, 1.54) is 0 Å². The molecular formula is C10H11F6N3O. The Kier molecular flexibility index (Phi) is 3.69. The van der Waals surface area contributed by atoms with Gasteiger partial charge in [-0.2, -0.15) is 26.3 Å². The molecule has 0 aliphatic carbocycles. The number of aromatic nitrogens is 3. The zero-order valence-electron chi connectivity index (χ0n) is 10.0. The van der Waals surface area contributed by atoms with Crippen molar-refractivity contribution in [2.24, 2.45) is 5.92 Å². The lowest BCUT2D eigenvalue weighted by Gasteiger charge is -2.27. The third-order valence-corrected chi connectivity index (χ3v) is 3.24. The molecule has 1 unspecified atom stereocenters. The van der Waals surface area contributed by atoms with Gasteiger partial charge in [0.1, 0.15) is 5.82 Å². The Morgan fingerprint density at radius 2 is 1.75 bits per heavy atom. The van der Waals surface area contributed by atoms with E-state index >= 15 is 0 Å². The third-order valence-electron chi connectivity index (χ3n) is 3.24. The SMILES string of the molecule is OCC1CCc2nnc(C(C(F)(F)F)C(F)(F)F)n2C1. The van der Waals surface area contributed by atoms with Crippen LogP contribution in [0.25, 0.3) is 0 Å². The number of hydrogen-bond donors (Lipinski definition) is 1.